The van der Waals surface area contributed by atoms with E-state index in [2.05, 4.69) is 10.3 Å². The Kier molecular flexibility index (Phi) is 8.54. The molecule has 2 N–H and O–H groups in total. The Labute approximate surface area is 210 Å². The number of rotatable bonds is 5. The number of anilines is 1. The first kappa shape index (κ1) is 25.7. The van der Waals surface area contributed by atoms with Crippen molar-refractivity contribution in [2.75, 3.05) is 5.32 Å². The molecule has 2 aromatic carbocycles. The van der Waals surface area contributed by atoms with E-state index in [1.807, 2.05) is 12.1 Å². The number of benzene rings is 2. The molecule has 4 aromatic rings. The molecule has 10 heteroatoms. The van der Waals surface area contributed by atoms with Crippen LogP contribution in [0.4, 0.5) is 5.69 Å². The maximum Gasteiger partial charge on any atom is 0.300 e. The molecule has 0 bridgehead atoms. The van der Waals surface area contributed by atoms with Crippen molar-refractivity contribution in [2.24, 2.45) is 0 Å². The van der Waals surface area contributed by atoms with Gasteiger partial charge in [-0.1, -0.05) is 41.9 Å². The number of carbonyl (C=O) groups excluding carboxylic acids is 1. The summed E-state index contributed by atoms with van der Waals surface area (Å²) in [4.78, 5) is 39.3. The number of carbonyl (C=O) groups is 2. The molecule has 0 aliphatic carbocycles. The predicted octanol–water partition coefficient (Wildman–Crippen LogP) is 4.78. The van der Waals surface area contributed by atoms with Crippen LogP contribution >= 0.6 is 11.6 Å². The Balaban J connectivity index is 0.000000840. The molecule has 0 aliphatic rings. The van der Waals surface area contributed by atoms with E-state index in [0.29, 0.717) is 22.1 Å². The largest absolute Gasteiger partial charge is 0.481 e. The van der Waals surface area contributed by atoms with Crippen LogP contribution < -0.4 is 15.6 Å². The maximum absolute atomic E-state index is 13.2. The normalized spacial score (nSPS) is 10.5. The van der Waals surface area contributed by atoms with Gasteiger partial charge in [0, 0.05) is 23.8 Å². The van der Waals surface area contributed by atoms with E-state index in [4.69, 9.17) is 26.2 Å². The highest BCUT2D eigenvalue weighted by molar-refractivity contribution is 6.31. The zero-order valence-electron chi connectivity index (χ0n) is 18.9. The third-order valence-electron chi connectivity index (χ3n) is 4.43. The first-order chi connectivity index (χ1) is 17.3. The number of ether oxygens (including phenoxy) is 1. The molecular formula is C26H19ClN4O5. The summed E-state index contributed by atoms with van der Waals surface area (Å²) in [6, 6.07) is 22.2. The van der Waals surface area contributed by atoms with Gasteiger partial charge in [0.15, 0.2) is 0 Å². The van der Waals surface area contributed by atoms with Crippen molar-refractivity contribution < 1.29 is 19.4 Å². The van der Waals surface area contributed by atoms with Gasteiger partial charge in [-0.25, -0.2) is 0 Å². The Hall–Kier alpha value is -4.94. The van der Waals surface area contributed by atoms with E-state index in [1.165, 1.54) is 10.5 Å². The number of halogens is 1. The van der Waals surface area contributed by atoms with Crippen LogP contribution in [0.3, 0.4) is 0 Å². The SMILES string of the molecule is CC(=O)O.N#CC(=Cc1c(Oc2ccccc2)nc2ccccn2c1=O)C(=O)Nc1cccc(Cl)c1. The van der Waals surface area contributed by atoms with Gasteiger partial charge in [0.2, 0.25) is 5.88 Å². The summed E-state index contributed by atoms with van der Waals surface area (Å²) < 4.78 is 7.14. The number of hydrogen-bond donors (Lipinski definition) is 2. The quantitative estimate of drug-likeness (QED) is 0.296. The van der Waals surface area contributed by atoms with Crippen LogP contribution in [0.1, 0.15) is 12.5 Å². The Morgan fingerprint density at radius 1 is 1.11 bits per heavy atom. The van der Waals surface area contributed by atoms with Crippen molar-refractivity contribution in [3.05, 3.63) is 106 Å². The fourth-order valence-electron chi connectivity index (χ4n) is 2.94. The fourth-order valence-corrected chi connectivity index (χ4v) is 3.13. The van der Waals surface area contributed by atoms with Gasteiger partial charge in [0.1, 0.15) is 28.6 Å². The molecule has 0 unspecified atom stereocenters. The molecule has 0 atom stereocenters. The molecule has 36 heavy (non-hydrogen) atoms. The van der Waals surface area contributed by atoms with E-state index in [0.717, 1.165) is 6.92 Å². The summed E-state index contributed by atoms with van der Waals surface area (Å²) >= 11 is 5.95. The molecule has 2 aromatic heterocycles. The standard InChI is InChI=1S/C24H15ClN4O3.C2H4O2/c25-17-7-6-8-18(14-17)27-22(30)16(15-26)13-20-23(32-19-9-2-1-3-10-19)28-21-11-4-5-12-29(21)24(20)31;1-2(3)4/h1-14H,(H,27,30);1H3,(H,3,4). The van der Waals surface area contributed by atoms with Crippen LogP contribution in [0.5, 0.6) is 11.6 Å². The molecule has 9 nitrogen and oxygen atoms in total. The van der Waals surface area contributed by atoms with Gasteiger partial charge in [-0.05, 0) is 48.5 Å². The van der Waals surface area contributed by atoms with Crippen molar-refractivity contribution in [2.45, 2.75) is 6.92 Å². The number of para-hydroxylation sites is 1. The highest BCUT2D eigenvalue weighted by Crippen LogP contribution is 2.24. The zero-order valence-corrected chi connectivity index (χ0v) is 19.6. The second-order valence-corrected chi connectivity index (χ2v) is 7.57. The molecule has 0 radical (unpaired) electrons. The molecule has 2 heterocycles. The molecule has 0 saturated carbocycles. The number of nitrogens with zero attached hydrogens (tertiary/aromatic N) is 3. The summed E-state index contributed by atoms with van der Waals surface area (Å²) in [7, 11) is 0. The lowest BCUT2D eigenvalue weighted by atomic mass is 10.1. The number of hydrogen-bond acceptors (Lipinski definition) is 6. The summed E-state index contributed by atoms with van der Waals surface area (Å²) in [6.45, 7) is 1.08. The number of carboxylic acids is 1. The number of carboxylic acid groups (broad SMARTS) is 1. The molecule has 4 rings (SSSR count). The Bertz CT molecular complexity index is 1540. The summed E-state index contributed by atoms with van der Waals surface area (Å²) in [6.07, 6.45) is 2.72. The number of aromatic nitrogens is 2. The van der Waals surface area contributed by atoms with Crippen LogP contribution in [0, 0.1) is 11.3 Å². The minimum atomic E-state index is -0.833. The summed E-state index contributed by atoms with van der Waals surface area (Å²) in [5, 5.41) is 20.0. The lowest BCUT2D eigenvalue weighted by Crippen LogP contribution is -2.20. The first-order valence-electron chi connectivity index (χ1n) is 10.4. The monoisotopic (exact) mass is 502 g/mol. The number of nitriles is 1. The third-order valence-corrected chi connectivity index (χ3v) is 4.66. The van der Waals surface area contributed by atoms with Gasteiger partial charge in [0.05, 0.1) is 0 Å². The van der Waals surface area contributed by atoms with E-state index in [1.54, 1.807) is 72.9 Å². The van der Waals surface area contributed by atoms with Crippen molar-refractivity contribution >= 4 is 40.9 Å². The van der Waals surface area contributed by atoms with E-state index in [9.17, 15) is 14.9 Å². The number of fused-ring (bicyclic) bond motifs is 1. The van der Waals surface area contributed by atoms with Crippen molar-refractivity contribution in [3.63, 3.8) is 0 Å². The molecule has 1 amide bonds. The van der Waals surface area contributed by atoms with Crippen LogP contribution in [0.25, 0.3) is 11.7 Å². The highest BCUT2D eigenvalue weighted by atomic mass is 35.5. The van der Waals surface area contributed by atoms with Crippen LogP contribution in [-0.2, 0) is 9.59 Å². The maximum atomic E-state index is 13.2. The molecule has 0 aliphatic heterocycles. The van der Waals surface area contributed by atoms with Gasteiger partial charge in [-0.3, -0.25) is 18.8 Å². The van der Waals surface area contributed by atoms with E-state index in [-0.39, 0.29) is 17.0 Å². The van der Waals surface area contributed by atoms with Gasteiger partial charge in [-0.15, -0.1) is 0 Å². The molecule has 0 saturated heterocycles. The first-order valence-corrected chi connectivity index (χ1v) is 10.8. The van der Waals surface area contributed by atoms with Crippen molar-refractivity contribution in [3.8, 4) is 17.7 Å². The molecule has 0 fully saturated rings. The average Bonchev–Trinajstić information content (AvgIpc) is 2.84. The minimum Gasteiger partial charge on any atom is -0.481 e. The van der Waals surface area contributed by atoms with Crippen molar-refractivity contribution in [1.82, 2.24) is 9.38 Å². The van der Waals surface area contributed by atoms with Crippen molar-refractivity contribution in [1.29, 1.82) is 5.26 Å². The van der Waals surface area contributed by atoms with Gasteiger partial charge in [-0.2, -0.15) is 10.2 Å². The van der Waals surface area contributed by atoms with Crippen LogP contribution in [0.15, 0.2) is 89.4 Å². The lowest BCUT2D eigenvalue weighted by molar-refractivity contribution is -0.134. The molecule has 180 valence electrons. The van der Waals surface area contributed by atoms with Gasteiger partial charge >= 0.3 is 0 Å². The van der Waals surface area contributed by atoms with E-state index < -0.39 is 17.4 Å². The summed E-state index contributed by atoms with van der Waals surface area (Å²) in [5.74, 6) is -1.09. The predicted molar refractivity (Wildman–Crippen MR) is 135 cm³/mol. The van der Waals surface area contributed by atoms with Crippen LogP contribution in [0.2, 0.25) is 5.02 Å². The average molecular weight is 503 g/mol. The van der Waals surface area contributed by atoms with E-state index >= 15 is 0 Å². The minimum absolute atomic E-state index is 0.0179. The Morgan fingerprint density at radius 2 is 1.81 bits per heavy atom. The van der Waals surface area contributed by atoms with Gasteiger partial charge < -0.3 is 15.2 Å². The topological polar surface area (TPSA) is 134 Å². The summed E-state index contributed by atoms with van der Waals surface area (Å²) in [5.41, 5.74) is -0.0295. The molecule has 0 spiro atoms. The molecular weight excluding hydrogens is 484 g/mol. The number of pyridine rings is 1. The highest BCUT2D eigenvalue weighted by Gasteiger charge is 2.17. The smallest absolute Gasteiger partial charge is 0.300 e. The number of aliphatic carboxylic acids is 1. The zero-order chi connectivity index (χ0) is 26.1. The third kappa shape index (κ3) is 6.79. The number of nitrogens with one attached hydrogen (secondary N) is 1. The number of amides is 1. The van der Waals surface area contributed by atoms with Gasteiger partial charge in [0.25, 0.3) is 17.4 Å². The second-order valence-electron chi connectivity index (χ2n) is 7.13. The lowest BCUT2D eigenvalue weighted by Gasteiger charge is -2.10. The Morgan fingerprint density at radius 3 is 2.47 bits per heavy atom. The second kappa shape index (κ2) is 12.0. The fraction of sp³-hybridized carbons (Fsp3) is 0.0385. The van der Waals surface area contributed by atoms with Crippen LogP contribution in [-0.4, -0.2) is 26.4 Å².